The van der Waals surface area contributed by atoms with Crippen LogP contribution in [0, 0.1) is 0 Å². The molecule has 1 unspecified atom stereocenters. The van der Waals surface area contributed by atoms with Crippen LogP contribution in [0.2, 0.25) is 0 Å². The molecule has 3 heterocycles. The van der Waals surface area contributed by atoms with Gasteiger partial charge in [0.1, 0.15) is 5.75 Å². The van der Waals surface area contributed by atoms with E-state index in [9.17, 15) is 4.79 Å². The van der Waals surface area contributed by atoms with E-state index in [0.717, 1.165) is 46.3 Å². The molecule has 2 aliphatic heterocycles. The fraction of sp³-hybridized carbons (Fsp3) is 0.375. The third-order valence-corrected chi connectivity index (χ3v) is 6.49. The number of carbonyl (C=O) groups is 1. The minimum Gasteiger partial charge on any atom is -0.497 e. The van der Waals surface area contributed by atoms with Crippen LogP contribution >= 0.6 is 12.4 Å². The van der Waals surface area contributed by atoms with Crippen LogP contribution < -0.4 is 15.4 Å². The lowest BCUT2D eigenvalue weighted by atomic mass is 9.98. The van der Waals surface area contributed by atoms with Gasteiger partial charge in [0.15, 0.2) is 0 Å². The predicted molar refractivity (Wildman–Crippen MR) is 123 cm³/mol. The van der Waals surface area contributed by atoms with Gasteiger partial charge in [-0.3, -0.25) is 4.79 Å². The Bertz CT molecular complexity index is 1050. The number of benzene rings is 2. The summed E-state index contributed by atoms with van der Waals surface area (Å²) in [7, 11) is 3.69. The van der Waals surface area contributed by atoms with Crippen LogP contribution in [-0.4, -0.2) is 35.7 Å². The van der Waals surface area contributed by atoms with E-state index in [1.807, 2.05) is 43.4 Å². The molecule has 0 saturated carbocycles. The number of rotatable bonds is 4. The van der Waals surface area contributed by atoms with Gasteiger partial charge in [0, 0.05) is 36.1 Å². The number of fused-ring (bicyclic) bond motifs is 3. The Balaban J connectivity index is 0.00000218. The molecule has 0 aliphatic carbocycles. The molecular weight excluding hydrogens is 398 g/mol. The summed E-state index contributed by atoms with van der Waals surface area (Å²) < 4.78 is 7.57. The smallest absolute Gasteiger partial charge is 0.254 e. The minimum atomic E-state index is 0. The zero-order valence-corrected chi connectivity index (χ0v) is 18.2. The first-order valence-electron chi connectivity index (χ1n) is 10.4. The fourth-order valence-electron chi connectivity index (χ4n) is 5.15. The molecule has 2 bridgehead atoms. The van der Waals surface area contributed by atoms with Crippen molar-refractivity contribution in [3.63, 3.8) is 0 Å². The summed E-state index contributed by atoms with van der Waals surface area (Å²) in [6, 6.07) is 17.4. The number of amides is 1. The SMILES string of the molecule is COc1ccc2c(c1)c(C(=O)NC1C[C@H]3CC[C@@H](C1)N3)c(-c1ccccc1)n2C.Cl. The number of hydrogen-bond donors (Lipinski definition) is 2. The second-order valence-electron chi connectivity index (χ2n) is 8.31. The van der Waals surface area contributed by atoms with Crippen LogP contribution in [0.5, 0.6) is 5.75 Å². The number of methoxy groups -OCH3 is 1. The van der Waals surface area contributed by atoms with Gasteiger partial charge in [-0.05, 0) is 49.4 Å². The third kappa shape index (κ3) is 3.57. The van der Waals surface area contributed by atoms with Crippen molar-refractivity contribution in [2.75, 3.05) is 7.11 Å². The van der Waals surface area contributed by atoms with Crippen LogP contribution in [0.1, 0.15) is 36.0 Å². The van der Waals surface area contributed by atoms with Crippen molar-refractivity contribution < 1.29 is 9.53 Å². The highest BCUT2D eigenvalue weighted by atomic mass is 35.5. The first-order valence-corrected chi connectivity index (χ1v) is 10.4. The van der Waals surface area contributed by atoms with Gasteiger partial charge >= 0.3 is 0 Å². The molecule has 2 fully saturated rings. The zero-order chi connectivity index (χ0) is 20.0. The van der Waals surface area contributed by atoms with Crippen LogP contribution in [0.25, 0.3) is 22.2 Å². The molecule has 2 saturated heterocycles. The molecule has 2 aromatic carbocycles. The number of ether oxygens (including phenoxy) is 1. The van der Waals surface area contributed by atoms with Gasteiger partial charge in [0.05, 0.1) is 18.4 Å². The Labute approximate surface area is 183 Å². The van der Waals surface area contributed by atoms with Crippen LogP contribution in [0.4, 0.5) is 0 Å². The summed E-state index contributed by atoms with van der Waals surface area (Å²) in [6.45, 7) is 0. The van der Waals surface area contributed by atoms with E-state index in [-0.39, 0.29) is 24.4 Å². The molecule has 2 N–H and O–H groups in total. The van der Waals surface area contributed by atoms with E-state index < -0.39 is 0 Å². The lowest BCUT2D eigenvalue weighted by molar-refractivity contribution is 0.0926. The standard InChI is InChI=1S/C24H27N3O2.ClH/c1-27-21-11-10-19(29-2)14-20(21)22(23(27)15-6-4-3-5-7-15)24(28)26-18-12-16-8-9-17(13-18)25-16;/h3-7,10-11,14,16-18,25H,8-9,12-13H2,1-2H3,(H,26,28);1H/t16-,17+,18?;. The first kappa shape index (κ1) is 20.8. The molecule has 5 rings (SSSR count). The third-order valence-electron chi connectivity index (χ3n) is 6.49. The number of nitrogens with zero attached hydrogens (tertiary/aromatic N) is 1. The van der Waals surface area contributed by atoms with Crippen LogP contribution in [0.3, 0.4) is 0 Å². The molecule has 1 aromatic heterocycles. The molecule has 5 nitrogen and oxygen atoms in total. The van der Waals surface area contributed by atoms with Crippen molar-refractivity contribution in [3.05, 3.63) is 54.1 Å². The molecule has 3 atom stereocenters. The van der Waals surface area contributed by atoms with Gasteiger partial charge in [-0.1, -0.05) is 30.3 Å². The van der Waals surface area contributed by atoms with E-state index in [1.54, 1.807) is 7.11 Å². The average Bonchev–Trinajstić information content (AvgIpc) is 3.24. The van der Waals surface area contributed by atoms with Crippen molar-refractivity contribution in [1.29, 1.82) is 0 Å². The lowest BCUT2D eigenvalue weighted by Gasteiger charge is -2.29. The number of aryl methyl sites for hydroxylation is 1. The van der Waals surface area contributed by atoms with E-state index in [1.165, 1.54) is 12.8 Å². The van der Waals surface area contributed by atoms with E-state index >= 15 is 0 Å². The maximum Gasteiger partial charge on any atom is 0.254 e. The summed E-state index contributed by atoms with van der Waals surface area (Å²) >= 11 is 0. The Morgan fingerprint density at radius 1 is 1.10 bits per heavy atom. The summed E-state index contributed by atoms with van der Waals surface area (Å²) in [5.41, 5.74) is 3.75. The quantitative estimate of drug-likeness (QED) is 0.655. The van der Waals surface area contributed by atoms with E-state index in [0.29, 0.717) is 12.1 Å². The monoisotopic (exact) mass is 425 g/mol. The molecule has 30 heavy (non-hydrogen) atoms. The molecule has 0 spiro atoms. The van der Waals surface area contributed by atoms with Crippen molar-refractivity contribution >= 4 is 29.2 Å². The van der Waals surface area contributed by atoms with E-state index in [4.69, 9.17) is 4.74 Å². The molecule has 2 aliphatic rings. The fourth-order valence-corrected chi connectivity index (χ4v) is 5.15. The average molecular weight is 426 g/mol. The second-order valence-corrected chi connectivity index (χ2v) is 8.31. The van der Waals surface area contributed by atoms with Crippen molar-refractivity contribution in [2.45, 2.75) is 43.8 Å². The van der Waals surface area contributed by atoms with Crippen molar-refractivity contribution in [3.8, 4) is 17.0 Å². The van der Waals surface area contributed by atoms with Gasteiger partial charge in [0.2, 0.25) is 0 Å². The van der Waals surface area contributed by atoms with Gasteiger partial charge in [-0.15, -0.1) is 12.4 Å². The van der Waals surface area contributed by atoms with Gasteiger partial charge in [0.25, 0.3) is 5.91 Å². The lowest BCUT2D eigenvalue weighted by Crippen LogP contribution is -2.48. The molecule has 3 aromatic rings. The Kier molecular flexibility index (Phi) is 5.76. The summed E-state index contributed by atoms with van der Waals surface area (Å²) in [4.78, 5) is 13.6. The molecule has 1 amide bonds. The molecule has 158 valence electrons. The van der Waals surface area contributed by atoms with Gasteiger partial charge in [-0.2, -0.15) is 0 Å². The Morgan fingerprint density at radius 2 is 1.80 bits per heavy atom. The molecule has 6 heteroatoms. The number of hydrogen-bond acceptors (Lipinski definition) is 3. The summed E-state index contributed by atoms with van der Waals surface area (Å²) in [5, 5.41) is 7.93. The van der Waals surface area contributed by atoms with Crippen LogP contribution in [0.15, 0.2) is 48.5 Å². The highest BCUT2D eigenvalue weighted by molar-refractivity contribution is 6.13. The summed E-state index contributed by atoms with van der Waals surface area (Å²) in [6.07, 6.45) is 4.46. The number of nitrogens with one attached hydrogen (secondary N) is 2. The normalized spacial score (nSPS) is 22.5. The summed E-state index contributed by atoms with van der Waals surface area (Å²) in [5.74, 6) is 0.769. The van der Waals surface area contributed by atoms with Crippen molar-refractivity contribution in [1.82, 2.24) is 15.2 Å². The van der Waals surface area contributed by atoms with E-state index in [2.05, 4.69) is 27.3 Å². The number of piperidine rings is 1. The number of carbonyl (C=O) groups excluding carboxylic acids is 1. The predicted octanol–water partition coefficient (Wildman–Crippen LogP) is 4.29. The van der Waals surface area contributed by atoms with Gasteiger partial charge < -0.3 is 19.9 Å². The number of halogens is 1. The van der Waals surface area contributed by atoms with Crippen molar-refractivity contribution in [2.24, 2.45) is 7.05 Å². The maximum atomic E-state index is 13.6. The van der Waals surface area contributed by atoms with Crippen LogP contribution in [-0.2, 0) is 7.05 Å². The maximum absolute atomic E-state index is 13.6. The minimum absolute atomic E-state index is 0. The van der Waals surface area contributed by atoms with Gasteiger partial charge in [-0.25, -0.2) is 0 Å². The highest BCUT2D eigenvalue weighted by Gasteiger charge is 2.35. The molecule has 0 radical (unpaired) electrons. The largest absolute Gasteiger partial charge is 0.497 e. The first-order chi connectivity index (χ1) is 14.1. The second kappa shape index (κ2) is 8.32. The number of aromatic nitrogens is 1. The topological polar surface area (TPSA) is 55.3 Å². The Morgan fingerprint density at radius 3 is 2.47 bits per heavy atom. The zero-order valence-electron chi connectivity index (χ0n) is 17.4. The highest BCUT2D eigenvalue weighted by Crippen LogP contribution is 2.35. The Hall–Kier alpha value is -2.50. The molecular formula is C24H28ClN3O2.